The van der Waals surface area contributed by atoms with Crippen LogP contribution >= 0.6 is 0 Å². The van der Waals surface area contributed by atoms with Crippen LogP contribution in [0.25, 0.3) is 0 Å². The Labute approximate surface area is 466 Å². The zero-order valence-electron chi connectivity index (χ0n) is 49.3. The highest BCUT2D eigenvalue weighted by atomic mass is 16.3. The van der Waals surface area contributed by atoms with Crippen LogP contribution in [0.5, 0.6) is 0 Å². The minimum Gasteiger partial charge on any atom is -0.394 e. The first-order valence-electron chi connectivity index (χ1n) is 31.9. The van der Waals surface area contributed by atoms with E-state index in [9.17, 15) is 15.0 Å². The fourth-order valence-electron chi connectivity index (χ4n) is 9.07. The molecule has 428 valence electrons. The van der Waals surface area contributed by atoms with Crippen LogP contribution in [0, 0.1) is 0 Å². The summed E-state index contributed by atoms with van der Waals surface area (Å²) in [6.07, 6.45) is 101. The average molecular weight is 1040 g/mol. The van der Waals surface area contributed by atoms with Crippen molar-refractivity contribution in [1.82, 2.24) is 5.32 Å². The molecular weight excluding hydrogens is 915 g/mol. The van der Waals surface area contributed by atoms with Gasteiger partial charge in [-0.15, -0.1) is 0 Å². The fraction of sp³-hybridized carbons (Fsp3) is 0.676. The van der Waals surface area contributed by atoms with E-state index in [0.29, 0.717) is 6.42 Å². The molecule has 4 heteroatoms. The van der Waals surface area contributed by atoms with E-state index in [1.807, 2.05) is 6.08 Å². The summed E-state index contributed by atoms with van der Waals surface area (Å²) in [7, 11) is 0. The summed E-state index contributed by atoms with van der Waals surface area (Å²) in [5, 5.41) is 23.2. The molecule has 75 heavy (non-hydrogen) atoms. The number of aliphatic hydroxyl groups excluding tert-OH is 2. The summed E-state index contributed by atoms with van der Waals surface area (Å²) in [5.41, 5.74) is 0. The van der Waals surface area contributed by atoms with Gasteiger partial charge in [0.15, 0.2) is 0 Å². The van der Waals surface area contributed by atoms with Gasteiger partial charge in [-0.1, -0.05) is 314 Å². The third-order valence-corrected chi connectivity index (χ3v) is 13.9. The second-order valence-electron chi connectivity index (χ2n) is 21.1. The van der Waals surface area contributed by atoms with Gasteiger partial charge in [0.05, 0.1) is 18.8 Å². The second kappa shape index (κ2) is 64.8. The molecule has 0 aliphatic rings. The average Bonchev–Trinajstić information content (AvgIpc) is 3.41. The summed E-state index contributed by atoms with van der Waals surface area (Å²) in [6, 6.07) is -0.651. The normalized spacial score (nSPS) is 13.7. The van der Waals surface area contributed by atoms with E-state index in [2.05, 4.69) is 141 Å². The second-order valence-corrected chi connectivity index (χ2v) is 21.1. The van der Waals surface area contributed by atoms with Gasteiger partial charge in [0.2, 0.25) is 5.91 Å². The smallest absolute Gasteiger partial charge is 0.220 e. The van der Waals surface area contributed by atoms with Gasteiger partial charge in [0, 0.05) is 6.42 Å². The molecular formula is C71H121NO3. The van der Waals surface area contributed by atoms with E-state index in [4.69, 9.17) is 0 Å². The number of nitrogens with one attached hydrogen (secondary N) is 1. The standard InChI is InChI=1S/C71H121NO3/c1-3-5-7-9-11-13-15-17-19-21-23-25-27-29-30-31-32-33-34-35-36-37-38-39-40-41-42-43-45-47-49-51-53-55-57-59-61-63-65-67-71(75)72-69(68-73)70(74)66-64-62-60-58-56-54-52-50-48-46-44-28-26-24-22-20-18-16-14-12-10-8-6-4-2/h5,7,11,13,17,19,23,25,29-30,32-33,35-36,38-39,41-42,56,58,64,66,69-70,73-74H,3-4,6,8-10,12,14-16,18,20-22,24,26-28,31,34,37,40,43-55,57,59-63,65,67-68H2,1-2H3,(H,72,75)/b7-5-,13-11-,19-17-,25-23-,30-29-,33-32-,36-35-,39-38-,42-41-,58-56+,66-64+. The molecule has 1 amide bonds. The SMILES string of the molecule is CC/C=C\C/C=C\C/C=C\C/C=C\C/C=C\C/C=C\C/C=C\C/C=C\C/C=C\CCCCCCCCCCCCCC(=O)NC(CO)C(O)/C=C/CC/C=C/CCCCCCCCCCCCCCCCCCCC. The topological polar surface area (TPSA) is 69.6 Å². The Hall–Kier alpha value is -3.47. The van der Waals surface area contributed by atoms with Gasteiger partial charge in [-0.05, 0) is 103 Å². The first-order valence-corrected chi connectivity index (χ1v) is 31.9. The van der Waals surface area contributed by atoms with Crippen molar-refractivity contribution in [2.45, 2.75) is 302 Å². The van der Waals surface area contributed by atoms with Gasteiger partial charge in [0.1, 0.15) is 0 Å². The molecule has 0 saturated carbocycles. The van der Waals surface area contributed by atoms with Gasteiger partial charge >= 0.3 is 0 Å². The molecule has 0 fully saturated rings. The lowest BCUT2D eigenvalue weighted by molar-refractivity contribution is -0.123. The lowest BCUT2D eigenvalue weighted by atomic mass is 10.0. The van der Waals surface area contributed by atoms with Crippen molar-refractivity contribution in [2.24, 2.45) is 0 Å². The quantitative estimate of drug-likeness (QED) is 0.0420. The van der Waals surface area contributed by atoms with E-state index in [1.54, 1.807) is 6.08 Å². The molecule has 0 aromatic carbocycles. The van der Waals surface area contributed by atoms with Crippen molar-refractivity contribution in [3.05, 3.63) is 134 Å². The zero-order chi connectivity index (χ0) is 54.1. The van der Waals surface area contributed by atoms with Crippen molar-refractivity contribution in [3.63, 3.8) is 0 Å². The van der Waals surface area contributed by atoms with Crippen LogP contribution in [0.4, 0.5) is 0 Å². The van der Waals surface area contributed by atoms with Gasteiger partial charge in [-0.2, -0.15) is 0 Å². The molecule has 0 saturated heterocycles. The van der Waals surface area contributed by atoms with E-state index in [1.165, 1.54) is 180 Å². The lowest BCUT2D eigenvalue weighted by Crippen LogP contribution is -2.45. The number of rotatable bonds is 57. The fourth-order valence-corrected chi connectivity index (χ4v) is 9.07. The Morgan fingerprint density at radius 1 is 0.333 bits per heavy atom. The first kappa shape index (κ1) is 71.5. The van der Waals surface area contributed by atoms with Crippen molar-refractivity contribution in [3.8, 4) is 0 Å². The molecule has 0 aromatic rings. The van der Waals surface area contributed by atoms with E-state index >= 15 is 0 Å². The largest absolute Gasteiger partial charge is 0.394 e. The number of hydrogen-bond acceptors (Lipinski definition) is 3. The van der Waals surface area contributed by atoms with Crippen molar-refractivity contribution in [2.75, 3.05) is 6.61 Å². The number of carbonyl (C=O) groups is 1. The number of unbranched alkanes of at least 4 members (excludes halogenated alkanes) is 30. The maximum absolute atomic E-state index is 12.5. The summed E-state index contributed by atoms with van der Waals surface area (Å²) in [4.78, 5) is 12.5. The molecule has 0 rings (SSSR count). The maximum Gasteiger partial charge on any atom is 0.220 e. The Bertz CT molecular complexity index is 1500. The van der Waals surface area contributed by atoms with Crippen molar-refractivity contribution >= 4 is 5.91 Å². The summed E-state index contributed by atoms with van der Waals surface area (Å²) >= 11 is 0. The molecule has 0 bridgehead atoms. The summed E-state index contributed by atoms with van der Waals surface area (Å²) < 4.78 is 0. The van der Waals surface area contributed by atoms with Crippen molar-refractivity contribution in [1.29, 1.82) is 0 Å². The molecule has 2 unspecified atom stereocenters. The van der Waals surface area contributed by atoms with Crippen LogP contribution in [0.2, 0.25) is 0 Å². The Morgan fingerprint density at radius 3 is 0.933 bits per heavy atom. The number of allylic oxidation sites excluding steroid dienone is 21. The molecule has 0 aliphatic heterocycles. The third kappa shape index (κ3) is 61.3. The number of hydrogen-bond donors (Lipinski definition) is 3. The number of carbonyl (C=O) groups excluding carboxylic acids is 1. The molecule has 2 atom stereocenters. The predicted molar refractivity (Wildman–Crippen MR) is 335 cm³/mol. The van der Waals surface area contributed by atoms with Gasteiger partial charge < -0.3 is 15.5 Å². The van der Waals surface area contributed by atoms with Crippen LogP contribution in [0.1, 0.15) is 290 Å². The molecule has 3 N–H and O–H groups in total. The van der Waals surface area contributed by atoms with Crippen LogP contribution in [-0.2, 0) is 4.79 Å². The zero-order valence-corrected chi connectivity index (χ0v) is 49.3. The lowest BCUT2D eigenvalue weighted by Gasteiger charge is -2.19. The monoisotopic (exact) mass is 1040 g/mol. The highest BCUT2D eigenvalue weighted by Crippen LogP contribution is 2.16. The predicted octanol–water partition coefficient (Wildman–Crippen LogP) is 21.8. The Morgan fingerprint density at radius 2 is 0.600 bits per heavy atom. The number of amides is 1. The highest BCUT2D eigenvalue weighted by molar-refractivity contribution is 5.76. The van der Waals surface area contributed by atoms with Crippen LogP contribution in [0.3, 0.4) is 0 Å². The van der Waals surface area contributed by atoms with E-state index in [-0.39, 0.29) is 12.5 Å². The first-order chi connectivity index (χ1) is 37.2. The Kier molecular flexibility index (Phi) is 61.8. The van der Waals surface area contributed by atoms with Crippen LogP contribution < -0.4 is 5.32 Å². The van der Waals surface area contributed by atoms with Crippen LogP contribution in [-0.4, -0.2) is 34.9 Å². The minimum absolute atomic E-state index is 0.0799. The van der Waals surface area contributed by atoms with Gasteiger partial charge in [-0.25, -0.2) is 0 Å². The molecule has 0 heterocycles. The third-order valence-electron chi connectivity index (χ3n) is 13.9. The van der Waals surface area contributed by atoms with Gasteiger partial charge in [0.25, 0.3) is 0 Å². The van der Waals surface area contributed by atoms with Crippen molar-refractivity contribution < 1.29 is 15.0 Å². The Balaban J connectivity index is 3.60. The summed E-state index contributed by atoms with van der Waals surface area (Å²) in [6.45, 7) is 4.19. The van der Waals surface area contributed by atoms with E-state index in [0.717, 1.165) is 89.9 Å². The molecule has 0 radical (unpaired) electrons. The molecule has 4 nitrogen and oxygen atoms in total. The molecule has 0 spiro atoms. The van der Waals surface area contributed by atoms with Gasteiger partial charge in [-0.3, -0.25) is 4.79 Å². The number of aliphatic hydroxyl groups is 2. The highest BCUT2D eigenvalue weighted by Gasteiger charge is 2.18. The van der Waals surface area contributed by atoms with Crippen LogP contribution in [0.15, 0.2) is 134 Å². The molecule has 0 aliphatic carbocycles. The minimum atomic E-state index is -0.873. The molecule has 0 aromatic heterocycles. The van der Waals surface area contributed by atoms with E-state index < -0.39 is 12.1 Å². The summed E-state index contributed by atoms with van der Waals surface area (Å²) in [5.74, 6) is -0.0799. The maximum atomic E-state index is 12.5.